The third-order valence-corrected chi connectivity index (χ3v) is 4.54. The normalized spacial score (nSPS) is 11.0. The van der Waals surface area contributed by atoms with Crippen molar-refractivity contribution in [1.29, 1.82) is 0 Å². The standard InChI is InChI=1S/C21H22F2N4O2/c1-5-17-19(20(28)24-18-13(3)10-12(2)11-14(18)4)25-26-27(17)15-6-8-16(9-7-15)29-21(22)23/h6-11,21H,5H2,1-4H3,(H,24,28). The zero-order chi connectivity index (χ0) is 21.1. The number of carbonyl (C=O) groups is 1. The lowest BCUT2D eigenvalue weighted by molar-refractivity contribution is -0.0498. The number of hydrogen-bond donors (Lipinski definition) is 1. The molecule has 0 radical (unpaired) electrons. The molecule has 0 saturated heterocycles. The molecule has 29 heavy (non-hydrogen) atoms. The zero-order valence-corrected chi connectivity index (χ0v) is 16.7. The molecular formula is C21H22F2N4O2. The van der Waals surface area contributed by atoms with E-state index < -0.39 is 6.61 Å². The number of rotatable bonds is 6. The molecule has 8 heteroatoms. The van der Waals surface area contributed by atoms with Crippen molar-refractivity contribution in [1.82, 2.24) is 15.0 Å². The van der Waals surface area contributed by atoms with Gasteiger partial charge in [-0.15, -0.1) is 5.10 Å². The van der Waals surface area contributed by atoms with E-state index in [9.17, 15) is 13.6 Å². The number of aromatic nitrogens is 3. The maximum atomic E-state index is 12.9. The van der Waals surface area contributed by atoms with Gasteiger partial charge in [-0.1, -0.05) is 29.8 Å². The van der Waals surface area contributed by atoms with Crippen molar-refractivity contribution >= 4 is 11.6 Å². The molecule has 0 aliphatic rings. The van der Waals surface area contributed by atoms with Crippen LogP contribution >= 0.6 is 0 Å². The van der Waals surface area contributed by atoms with Gasteiger partial charge in [0, 0.05) is 5.69 Å². The SMILES string of the molecule is CCc1c(C(=O)Nc2c(C)cc(C)cc2C)nnn1-c1ccc(OC(F)F)cc1. The highest BCUT2D eigenvalue weighted by atomic mass is 19.3. The first-order valence-corrected chi connectivity index (χ1v) is 9.19. The summed E-state index contributed by atoms with van der Waals surface area (Å²) in [6, 6.07) is 10.0. The Bertz CT molecular complexity index is 1010. The fourth-order valence-electron chi connectivity index (χ4n) is 3.32. The first kappa shape index (κ1) is 20.4. The van der Waals surface area contributed by atoms with Crippen molar-refractivity contribution in [2.45, 2.75) is 40.7 Å². The predicted octanol–water partition coefficient (Wildman–Crippen LogP) is 4.61. The summed E-state index contributed by atoms with van der Waals surface area (Å²) in [6.07, 6.45) is 0.511. The van der Waals surface area contributed by atoms with E-state index in [1.807, 2.05) is 39.8 Å². The van der Waals surface area contributed by atoms with Gasteiger partial charge >= 0.3 is 6.61 Å². The van der Waals surface area contributed by atoms with Crippen molar-refractivity contribution in [3.63, 3.8) is 0 Å². The molecule has 0 spiro atoms. The largest absolute Gasteiger partial charge is 0.435 e. The average Bonchev–Trinajstić information content (AvgIpc) is 3.08. The fraction of sp³-hybridized carbons (Fsp3) is 0.286. The van der Waals surface area contributed by atoms with E-state index in [1.54, 1.807) is 12.1 Å². The second kappa shape index (κ2) is 8.38. The van der Waals surface area contributed by atoms with Crippen LogP contribution in [0, 0.1) is 20.8 Å². The van der Waals surface area contributed by atoms with Gasteiger partial charge in [-0.3, -0.25) is 4.79 Å². The van der Waals surface area contributed by atoms with Crippen LogP contribution in [0.1, 0.15) is 39.8 Å². The molecule has 0 bridgehead atoms. The fourth-order valence-corrected chi connectivity index (χ4v) is 3.32. The minimum Gasteiger partial charge on any atom is -0.435 e. The van der Waals surface area contributed by atoms with E-state index in [0.29, 0.717) is 17.8 Å². The zero-order valence-electron chi connectivity index (χ0n) is 16.7. The molecule has 0 unspecified atom stereocenters. The van der Waals surface area contributed by atoms with Gasteiger partial charge in [0.1, 0.15) is 5.75 Å². The van der Waals surface area contributed by atoms with Crippen molar-refractivity contribution < 1.29 is 18.3 Å². The second-order valence-corrected chi connectivity index (χ2v) is 6.75. The lowest BCUT2D eigenvalue weighted by Gasteiger charge is -2.12. The number of carbonyl (C=O) groups excluding carboxylic acids is 1. The minimum absolute atomic E-state index is 0.0465. The van der Waals surface area contributed by atoms with Crippen LogP contribution in [0.25, 0.3) is 5.69 Å². The number of nitrogens with one attached hydrogen (secondary N) is 1. The summed E-state index contributed by atoms with van der Waals surface area (Å²) in [5.74, 6) is -0.300. The van der Waals surface area contributed by atoms with Crippen molar-refractivity contribution in [3.8, 4) is 11.4 Å². The van der Waals surface area contributed by atoms with Crippen LogP contribution in [0.5, 0.6) is 5.75 Å². The number of nitrogens with zero attached hydrogens (tertiary/aromatic N) is 3. The van der Waals surface area contributed by atoms with Crippen molar-refractivity contribution in [3.05, 3.63) is 64.5 Å². The molecular weight excluding hydrogens is 378 g/mol. The van der Waals surface area contributed by atoms with E-state index >= 15 is 0 Å². The number of ether oxygens (including phenoxy) is 1. The molecule has 0 saturated carbocycles. The summed E-state index contributed by atoms with van der Waals surface area (Å²) in [5, 5.41) is 11.1. The molecule has 3 rings (SSSR count). The number of hydrogen-bond acceptors (Lipinski definition) is 4. The lowest BCUT2D eigenvalue weighted by Crippen LogP contribution is -2.17. The highest BCUT2D eigenvalue weighted by Crippen LogP contribution is 2.24. The topological polar surface area (TPSA) is 69.0 Å². The van der Waals surface area contributed by atoms with Gasteiger partial charge in [-0.2, -0.15) is 8.78 Å². The Hall–Kier alpha value is -3.29. The molecule has 0 atom stereocenters. The monoisotopic (exact) mass is 400 g/mol. The van der Waals surface area contributed by atoms with Gasteiger partial charge in [0.05, 0.1) is 11.4 Å². The number of alkyl halides is 2. The Morgan fingerprint density at radius 3 is 2.31 bits per heavy atom. The lowest BCUT2D eigenvalue weighted by atomic mass is 10.0. The van der Waals surface area contributed by atoms with Crippen LogP contribution in [0.15, 0.2) is 36.4 Å². The van der Waals surface area contributed by atoms with E-state index in [2.05, 4.69) is 20.4 Å². The maximum Gasteiger partial charge on any atom is 0.387 e. The summed E-state index contributed by atoms with van der Waals surface area (Å²) < 4.78 is 30.5. The Morgan fingerprint density at radius 1 is 1.14 bits per heavy atom. The van der Waals surface area contributed by atoms with Gasteiger partial charge in [0.15, 0.2) is 5.69 Å². The molecule has 0 aliphatic heterocycles. The number of halogens is 2. The quantitative estimate of drug-likeness (QED) is 0.656. The molecule has 2 aromatic carbocycles. The summed E-state index contributed by atoms with van der Waals surface area (Å²) >= 11 is 0. The van der Waals surface area contributed by atoms with Crippen molar-refractivity contribution in [2.24, 2.45) is 0 Å². The van der Waals surface area contributed by atoms with Crippen LogP contribution in [0.2, 0.25) is 0 Å². The summed E-state index contributed by atoms with van der Waals surface area (Å²) in [5.41, 5.74) is 5.25. The molecule has 6 nitrogen and oxygen atoms in total. The van der Waals surface area contributed by atoms with E-state index in [4.69, 9.17) is 0 Å². The van der Waals surface area contributed by atoms with Crippen LogP contribution in [0.4, 0.5) is 14.5 Å². The van der Waals surface area contributed by atoms with Gasteiger partial charge in [0.2, 0.25) is 0 Å². The van der Waals surface area contributed by atoms with Crippen LogP contribution in [0.3, 0.4) is 0 Å². The number of amides is 1. The van der Waals surface area contributed by atoms with Gasteiger partial charge in [0.25, 0.3) is 5.91 Å². The number of aryl methyl sites for hydroxylation is 3. The van der Waals surface area contributed by atoms with Gasteiger partial charge in [-0.05, 0) is 62.6 Å². The molecule has 152 valence electrons. The Kier molecular flexibility index (Phi) is 5.91. The maximum absolute atomic E-state index is 12.9. The Morgan fingerprint density at radius 2 is 1.76 bits per heavy atom. The molecule has 0 aliphatic carbocycles. The molecule has 1 heterocycles. The molecule has 3 aromatic rings. The third kappa shape index (κ3) is 4.42. The summed E-state index contributed by atoms with van der Waals surface area (Å²) in [6.45, 7) is 4.89. The van der Waals surface area contributed by atoms with Crippen molar-refractivity contribution in [2.75, 3.05) is 5.32 Å². The Balaban J connectivity index is 1.89. The van der Waals surface area contributed by atoms with Crippen LogP contribution in [-0.2, 0) is 6.42 Å². The van der Waals surface area contributed by atoms with Gasteiger partial charge < -0.3 is 10.1 Å². The van der Waals surface area contributed by atoms with Crippen LogP contribution < -0.4 is 10.1 Å². The third-order valence-electron chi connectivity index (χ3n) is 4.54. The first-order valence-electron chi connectivity index (χ1n) is 9.19. The molecule has 1 amide bonds. The highest BCUT2D eigenvalue weighted by Gasteiger charge is 2.21. The van der Waals surface area contributed by atoms with E-state index in [0.717, 1.165) is 22.4 Å². The summed E-state index contributed by atoms with van der Waals surface area (Å²) in [4.78, 5) is 12.9. The first-order chi connectivity index (χ1) is 13.8. The van der Waals surface area contributed by atoms with E-state index in [-0.39, 0.29) is 17.4 Å². The predicted molar refractivity (Wildman–Crippen MR) is 106 cm³/mol. The average molecular weight is 400 g/mol. The van der Waals surface area contributed by atoms with E-state index in [1.165, 1.54) is 16.8 Å². The number of benzene rings is 2. The smallest absolute Gasteiger partial charge is 0.387 e. The summed E-state index contributed by atoms with van der Waals surface area (Å²) in [7, 11) is 0. The Labute approximate surface area is 167 Å². The molecule has 1 aromatic heterocycles. The highest BCUT2D eigenvalue weighted by molar-refractivity contribution is 6.04. The molecule has 0 fully saturated rings. The molecule has 1 N–H and O–H groups in total. The second-order valence-electron chi connectivity index (χ2n) is 6.75. The number of anilines is 1. The van der Waals surface area contributed by atoms with Crippen LogP contribution in [-0.4, -0.2) is 27.5 Å². The van der Waals surface area contributed by atoms with Gasteiger partial charge in [-0.25, -0.2) is 4.68 Å². The minimum atomic E-state index is -2.89.